The predicted octanol–water partition coefficient (Wildman–Crippen LogP) is 2.64. The van der Waals surface area contributed by atoms with E-state index in [0.717, 1.165) is 11.1 Å². The van der Waals surface area contributed by atoms with Crippen molar-refractivity contribution in [3.05, 3.63) is 82.9 Å². The second-order valence-electron chi connectivity index (χ2n) is 5.37. The Balaban J connectivity index is 2.05. The molecule has 0 bridgehead atoms. The van der Waals surface area contributed by atoms with Gasteiger partial charge in [0.25, 0.3) is 0 Å². The summed E-state index contributed by atoms with van der Waals surface area (Å²) in [5.74, 6) is 0.416. The number of nitriles is 2. The highest BCUT2D eigenvalue weighted by molar-refractivity contribution is 5.73. The molecule has 0 aliphatic heterocycles. The van der Waals surface area contributed by atoms with Crippen LogP contribution in [0, 0.1) is 22.7 Å². The van der Waals surface area contributed by atoms with Gasteiger partial charge >= 0.3 is 0 Å². The Kier molecular flexibility index (Phi) is 5.02. The minimum Gasteiger partial charge on any atom is -0.399 e. The molecule has 0 aliphatic rings. The Hall–Kier alpha value is -3.97. The molecule has 26 heavy (non-hydrogen) atoms. The minimum absolute atomic E-state index is 0.257. The lowest BCUT2D eigenvalue weighted by Crippen LogP contribution is -2.13. The summed E-state index contributed by atoms with van der Waals surface area (Å²) in [5.41, 5.74) is 3.04. The van der Waals surface area contributed by atoms with E-state index in [0.29, 0.717) is 17.0 Å². The molecule has 1 aromatic heterocycles. The van der Waals surface area contributed by atoms with Gasteiger partial charge in [0.15, 0.2) is 5.82 Å². The lowest BCUT2D eigenvalue weighted by Gasteiger charge is -2.18. The second-order valence-corrected chi connectivity index (χ2v) is 5.37. The Labute approximate surface area is 150 Å². The molecular formula is C19H14N6O. The summed E-state index contributed by atoms with van der Waals surface area (Å²) in [6.45, 7) is 0. The van der Waals surface area contributed by atoms with Crippen molar-refractivity contribution in [2.75, 3.05) is 7.11 Å². The van der Waals surface area contributed by atoms with Gasteiger partial charge in [-0.05, 0) is 35.4 Å². The normalized spacial score (nSPS) is 10.6. The molecule has 0 amide bonds. The first-order valence-electron chi connectivity index (χ1n) is 7.73. The molecule has 0 unspecified atom stereocenters. The molecule has 126 valence electrons. The molecule has 1 heterocycles. The van der Waals surface area contributed by atoms with Gasteiger partial charge in [0, 0.05) is 0 Å². The molecule has 0 radical (unpaired) electrons. The number of rotatable bonds is 5. The molecule has 0 fully saturated rings. The summed E-state index contributed by atoms with van der Waals surface area (Å²) in [6, 6.07) is 18.5. The van der Waals surface area contributed by atoms with Crippen LogP contribution in [0.4, 0.5) is 0 Å². The molecule has 0 spiro atoms. The molecule has 2 aromatic carbocycles. The number of hydrogen-bond acceptors (Lipinski definition) is 6. The van der Waals surface area contributed by atoms with Crippen molar-refractivity contribution in [1.82, 2.24) is 14.8 Å². The Morgan fingerprint density at radius 1 is 1.00 bits per heavy atom. The maximum atomic E-state index is 9.01. The van der Waals surface area contributed by atoms with Crippen molar-refractivity contribution in [2.45, 2.75) is 6.04 Å². The fraction of sp³-hybridized carbons (Fsp3) is 0.105. The van der Waals surface area contributed by atoms with Gasteiger partial charge in [0.2, 0.25) is 0 Å². The van der Waals surface area contributed by atoms with Gasteiger partial charge in [0.1, 0.15) is 25.7 Å². The van der Waals surface area contributed by atoms with Crippen LogP contribution in [-0.2, 0) is 4.84 Å². The molecule has 7 nitrogen and oxygen atoms in total. The van der Waals surface area contributed by atoms with E-state index in [1.807, 2.05) is 24.3 Å². The number of benzene rings is 2. The van der Waals surface area contributed by atoms with Gasteiger partial charge in [-0.3, -0.25) is 0 Å². The number of nitrogens with zero attached hydrogens (tertiary/aromatic N) is 6. The Morgan fingerprint density at radius 2 is 1.54 bits per heavy atom. The summed E-state index contributed by atoms with van der Waals surface area (Å²) in [5, 5.41) is 26.1. The zero-order chi connectivity index (χ0) is 18.4. The van der Waals surface area contributed by atoms with Crippen molar-refractivity contribution < 1.29 is 4.84 Å². The van der Waals surface area contributed by atoms with Crippen LogP contribution in [0.1, 0.15) is 34.1 Å². The third-order valence-electron chi connectivity index (χ3n) is 3.78. The monoisotopic (exact) mass is 342 g/mol. The van der Waals surface area contributed by atoms with Crippen LogP contribution in [-0.4, -0.2) is 28.1 Å². The highest BCUT2D eigenvalue weighted by atomic mass is 16.6. The predicted molar refractivity (Wildman–Crippen MR) is 94.2 cm³/mol. The third kappa shape index (κ3) is 3.58. The van der Waals surface area contributed by atoms with Crippen LogP contribution < -0.4 is 0 Å². The largest absolute Gasteiger partial charge is 0.399 e. The molecule has 3 rings (SSSR count). The van der Waals surface area contributed by atoms with Gasteiger partial charge in [-0.2, -0.15) is 10.5 Å². The van der Waals surface area contributed by atoms with Crippen LogP contribution in [0.15, 0.2) is 60.0 Å². The SMILES string of the molecule is CO/N=C\c1ncn(C(c2ccc(C#N)cc2)c2ccc(C#N)cc2)n1. The molecule has 0 saturated heterocycles. The average Bonchev–Trinajstić information content (AvgIpc) is 3.16. The van der Waals surface area contributed by atoms with Crippen LogP contribution in [0.2, 0.25) is 0 Å². The molecule has 0 atom stereocenters. The van der Waals surface area contributed by atoms with Crippen molar-refractivity contribution in [3.8, 4) is 12.1 Å². The maximum absolute atomic E-state index is 9.01. The van der Waals surface area contributed by atoms with E-state index in [2.05, 4.69) is 32.2 Å². The standard InChI is InChI=1S/C19H14N6O/c1-26-23-12-18-22-13-25(24-18)19(16-6-2-14(10-20)3-7-16)17-8-4-15(11-21)5-9-17/h2-9,12-13,19H,1H3/b23-12-. The van der Waals surface area contributed by atoms with Crippen LogP contribution >= 0.6 is 0 Å². The summed E-state index contributed by atoms with van der Waals surface area (Å²) >= 11 is 0. The Morgan fingerprint density at radius 3 is 2.00 bits per heavy atom. The maximum Gasteiger partial charge on any atom is 0.195 e. The molecule has 0 saturated carbocycles. The van der Waals surface area contributed by atoms with Gasteiger partial charge in [-0.15, -0.1) is 5.10 Å². The van der Waals surface area contributed by atoms with Gasteiger partial charge in [0.05, 0.1) is 23.3 Å². The van der Waals surface area contributed by atoms with E-state index in [4.69, 9.17) is 10.5 Å². The number of hydrogen-bond donors (Lipinski definition) is 0. The molecule has 0 aliphatic carbocycles. The second kappa shape index (κ2) is 7.73. The van der Waals surface area contributed by atoms with Crippen molar-refractivity contribution in [3.63, 3.8) is 0 Å². The van der Waals surface area contributed by atoms with E-state index >= 15 is 0 Å². The summed E-state index contributed by atoms with van der Waals surface area (Å²) < 4.78 is 1.71. The van der Waals surface area contributed by atoms with Gasteiger partial charge in [-0.1, -0.05) is 29.4 Å². The van der Waals surface area contributed by atoms with Gasteiger partial charge < -0.3 is 4.84 Å². The lowest BCUT2D eigenvalue weighted by atomic mass is 9.97. The summed E-state index contributed by atoms with van der Waals surface area (Å²) in [7, 11) is 1.45. The topological polar surface area (TPSA) is 99.9 Å². The zero-order valence-corrected chi connectivity index (χ0v) is 13.9. The first-order chi connectivity index (χ1) is 12.7. The first kappa shape index (κ1) is 16.9. The fourth-order valence-corrected chi connectivity index (χ4v) is 2.55. The fourth-order valence-electron chi connectivity index (χ4n) is 2.55. The zero-order valence-electron chi connectivity index (χ0n) is 13.9. The lowest BCUT2D eigenvalue weighted by molar-refractivity contribution is 0.215. The van der Waals surface area contributed by atoms with E-state index in [1.54, 1.807) is 35.3 Å². The van der Waals surface area contributed by atoms with Crippen LogP contribution in [0.5, 0.6) is 0 Å². The van der Waals surface area contributed by atoms with E-state index in [9.17, 15) is 0 Å². The van der Waals surface area contributed by atoms with Crippen LogP contribution in [0.25, 0.3) is 0 Å². The van der Waals surface area contributed by atoms with Crippen molar-refractivity contribution in [1.29, 1.82) is 10.5 Å². The van der Waals surface area contributed by atoms with E-state index in [1.165, 1.54) is 13.3 Å². The van der Waals surface area contributed by atoms with Crippen molar-refractivity contribution in [2.24, 2.45) is 5.16 Å². The quantitative estimate of drug-likeness (QED) is 0.524. The number of aromatic nitrogens is 3. The van der Waals surface area contributed by atoms with E-state index < -0.39 is 0 Å². The number of oxime groups is 1. The molecule has 0 N–H and O–H groups in total. The highest BCUT2D eigenvalue weighted by Gasteiger charge is 2.18. The minimum atomic E-state index is -0.257. The summed E-state index contributed by atoms with van der Waals surface area (Å²) in [4.78, 5) is 8.87. The average molecular weight is 342 g/mol. The summed E-state index contributed by atoms with van der Waals surface area (Å²) in [6.07, 6.45) is 3.03. The third-order valence-corrected chi connectivity index (χ3v) is 3.78. The Bertz CT molecular complexity index is 933. The highest BCUT2D eigenvalue weighted by Crippen LogP contribution is 2.26. The smallest absolute Gasteiger partial charge is 0.195 e. The molecule has 3 aromatic rings. The first-order valence-corrected chi connectivity index (χ1v) is 7.73. The van der Waals surface area contributed by atoms with Gasteiger partial charge in [-0.25, -0.2) is 9.67 Å². The molecular weight excluding hydrogens is 328 g/mol. The van der Waals surface area contributed by atoms with Crippen molar-refractivity contribution >= 4 is 6.21 Å². The van der Waals surface area contributed by atoms with E-state index in [-0.39, 0.29) is 6.04 Å². The molecule has 7 heteroatoms. The van der Waals surface area contributed by atoms with Crippen LogP contribution in [0.3, 0.4) is 0 Å².